The third-order valence-electron chi connectivity index (χ3n) is 4.59. The van der Waals surface area contributed by atoms with Gasteiger partial charge < -0.3 is 29.6 Å². The number of hydrogen-bond donors (Lipinski definition) is 2. The highest BCUT2D eigenvalue weighted by Crippen LogP contribution is 2.36. The molecule has 8 nitrogen and oxygen atoms in total. The Hall–Kier alpha value is -3.30. The van der Waals surface area contributed by atoms with Crippen LogP contribution in [0.1, 0.15) is 5.69 Å². The van der Waals surface area contributed by atoms with E-state index in [0.717, 1.165) is 11.4 Å². The fourth-order valence-corrected chi connectivity index (χ4v) is 3.61. The van der Waals surface area contributed by atoms with Crippen LogP contribution in [0, 0.1) is 0 Å². The van der Waals surface area contributed by atoms with Crippen LogP contribution in [0.4, 0.5) is 23.1 Å². The lowest BCUT2D eigenvalue weighted by molar-refractivity contribution is 0.171. The molecule has 0 atom stereocenters. The zero-order valence-corrected chi connectivity index (χ0v) is 17.8. The SMILES string of the molecule is S=Cc1nc(Nc2ccc3c(c2)OCCO3)nc(Nc2ccc3c(c2)OCCO3)c1Cl. The molecule has 2 aliphatic heterocycles. The van der Waals surface area contributed by atoms with Gasteiger partial charge in [-0.05, 0) is 24.3 Å². The minimum absolute atomic E-state index is 0.317. The van der Waals surface area contributed by atoms with E-state index in [4.69, 9.17) is 42.8 Å². The molecule has 10 heteroatoms. The lowest BCUT2D eigenvalue weighted by Gasteiger charge is -2.20. The third-order valence-corrected chi connectivity index (χ3v) is 5.19. The second-order valence-corrected chi connectivity index (χ2v) is 7.29. The number of halogens is 1. The Bertz CT molecular complexity index is 1160. The molecule has 0 radical (unpaired) electrons. The second kappa shape index (κ2) is 8.44. The van der Waals surface area contributed by atoms with Crippen molar-refractivity contribution >= 4 is 52.3 Å². The van der Waals surface area contributed by atoms with Gasteiger partial charge in [0.05, 0.1) is 0 Å². The molecule has 0 amide bonds. The number of hydrogen-bond acceptors (Lipinski definition) is 9. The van der Waals surface area contributed by atoms with Crippen molar-refractivity contribution in [1.29, 1.82) is 0 Å². The van der Waals surface area contributed by atoms with E-state index in [1.54, 1.807) is 0 Å². The quantitative estimate of drug-likeness (QED) is 0.538. The summed E-state index contributed by atoms with van der Waals surface area (Å²) in [5, 5.41) is 8.10. The Morgan fingerprint density at radius 3 is 1.90 bits per heavy atom. The zero-order chi connectivity index (χ0) is 21.2. The summed E-state index contributed by atoms with van der Waals surface area (Å²) < 4.78 is 22.4. The summed E-state index contributed by atoms with van der Waals surface area (Å²) in [4.78, 5) is 8.92. The molecular formula is C21H17ClN4O4S. The van der Waals surface area contributed by atoms with Gasteiger partial charge in [-0.1, -0.05) is 23.8 Å². The fraction of sp³-hybridized carbons (Fsp3) is 0.190. The van der Waals surface area contributed by atoms with Crippen molar-refractivity contribution in [1.82, 2.24) is 9.97 Å². The Morgan fingerprint density at radius 2 is 1.32 bits per heavy atom. The largest absolute Gasteiger partial charge is 0.486 e. The molecule has 0 fully saturated rings. The number of benzene rings is 2. The van der Waals surface area contributed by atoms with Crippen molar-refractivity contribution in [3.8, 4) is 23.0 Å². The van der Waals surface area contributed by atoms with E-state index in [0.29, 0.717) is 71.9 Å². The summed E-state index contributed by atoms with van der Waals surface area (Å²) in [5.41, 5.74) is 1.91. The lowest BCUT2D eigenvalue weighted by Crippen LogP contribution is -2.15. The number of aromatic nitrogens is 2. The summed E-state index contributed by atoms with van der Waals surface area (Å²) in [6, 6.07) is 11.0. The minimum atomic E-state index is 0.317. The first-order valence-electron chi connectivity index (χ1n) is 9.56. The lowest BCUT2D eigenvalue weighted by atomic mass is 10.2. The van der Waals surface area contributed by atoms with Gasteiger partial charge in [0.1, 0.15) is 37.1 Å². The summed E-state index contributed by atoms with van der Waals surface area (Å²) in [5.74, 6) is 3.46. The topological polar surface area (TPSA) is 86.8 Å². The van der Waals surface area contributed by atoms with Gasteiger partial charge in [0, 0.05) is 28.9 Å². The summed E-state index contributed by atoms with van der Waals surface area (Å²) in [6.07, 6.45) is 0. The number of nitrogens with zero attached hydrogens (tertiary/aromatic N) is 2. The van der Waals surface area contributed by atoms with Crippen LogP contribution in [0.25, 0.3) is 0 Å². The van der Waals surface area contributed by atoms with Crippen LogP contribution in [0.3, 0.4) is 0 Å². The van der Waals surface area contributed by atoms with Crippen molar-refractivity contribution in [3.05, 3.63) is 47.1 Å². The van der Waals surface area contributed by atoms with Crippen molar-refractivity contribution in [2.45, 2.75) is 0 Å². The molecule has 2 aliphatic rings. The highest BCUT2D eigenvalue weighted by Gasteiger charge is 2.16. The zero-order valence-electron chi connectivity index (χ0n) is 16.2. The first kappa shape index (κ1) is 19.7. The maximum Gasteiger partial charge on any atom is 0.229 e. The summed E-state index contributed by atoms with van der Waals surface area (Å²) in [6.45, 7) is 2.08. The molecule has 0 spiro atoms. The Balaban J connectivity index is 1.43. The molecule has 3 aromatic rings. The summed E-state index contributed by atoms with van der Waals surface area (Å²) in [7, 11) is 0. The van der Waals surface area contributed by atoms with E-state index in [9.17, 15) is 0 Å². The molecule has 2 aromatic carbocycles. The van der Waals surface area contributed by atoms with Gasteiger partial charge in [0.15, 0.2) is 28.8 Å². The highest BCUT2D eigenvalue weighted by atomic mass is 35.5. The van der Waals surface area contributed by atoms with Gasteiger partial charge in [-0.15, -0.1) is 0 Å². The molecule has 5 rings (SSSR count). The van der Waals surface area contributed by atoms with Crippen LogP contribution in [-0.4, -0.2) is 41.8 Å². The molecule has 1 aromatic heterocycles. The van der Waals surface area contributed by atoms with Gasteiger partial charge in [-0.25, -0.2) is 4.98 Å². The highest BCUT2D eigenvalue weighted by molar-refractivity contribution is 7.79. The standard InChI is InChI=1S/C21H17ClN4O4S/c22-19-14(11-31)25-21(24-13-2-4-16-18(10-13)30-8-6-28-16)26-20(19)23-12-1-3-15-17(9-12)29-7-5-27-15/h1-4,9-11H,5-8H2,(H2,23,24,25,26). The first-order valence-corrected chi connectivity index (χ1v) is 10.4. The van der Waals surface area contributed by atoms with Crippen LogP contribution in [-0.2, 0) is 0 Å². The first-order chi connectivity index (χ1) is 15.2. The molecule has 0 bridgehead atoms. The Labute approximate surface area is 188 Å². The van der Waals surface area contributed by atoms with Crippen LogP contribution in [0.15, 0.2) is 36.4 Å². The number of anilines is 4. The van der Waals surface area contributed by atoms with Crippen molar-refractivity contribution in [3.63, 3.8) is 0 Å². The van der Waals surface area contributed by atoms with E-state index in [1.165, 1.54) is 5.37 Å². The van der Waals surface area contributed by atoms with Crippen LogP contribution < -0.4 is 29.6 Å². The molecule has 3 heterocycles. The van der Waals surface area contributed by atoms with Crippen molar-refractivity contribution in [2.75, 3.05) is 37.1 Å². The normalized spacial score (nSPS) is 14.0. The van der Waals surface area contributed by atoms with Gasteiger partial charge in [-0.2, -0.15) is 4.98 Å². The van der Waals surface area contributed by atoms with E-state index < -0.39 is 0 Å². The molecular weight excluding hydrogens is 440 g/mol. The second-order valence-electron chi connectivity index (χ2n) is 6.68. The van der Waals surface area contributed by atoms with Crippen LogP contribution >= 0.6 is 23.8 Å². The number of rotatable bonds is 5. The van der Waals surface area contributed by atoms with Gasteiger partial charge in [-0.3, -0.25) is 0 Å². The molecule has 31 heavy (non-hydrogen) atoms. The van der Waals surface area contributed by atoms with Crippen molar-refractivity contribution in [2.24, 2.45) is 0 Å². The van der Waals surface area contributed by atoms with Gasteiger partial charge in [0.2, 0.25) is 5.95 Å². The smallest absolute Gasteiger partial charge is 0.229 e. The average molecular weight is 457 g/mol. The van der Waals surface area contributed by atoms with Crippen LogP contribution in [0.5, 0.6) is 23.0 Å². The maximum absolute atomic E-state index is 6.47. The maximum atomic E-state index is 6.47. The van der Waals surface area contributed by atoms with E-state index in [-0.39, 0.29) is 0 Å². The average Bonchev–Trinajstić information content (AvgIpc) is 2.81. The minimum Gasteiger partial charge on any atom is -0.486 e. The monoisotopic (exact) mass is 456 g/mol. The molecule has 0 aliphatic carbocycles. The number of thiocarbonyl (C=S) groups is 1. The summed E-state index contributed by atoms with van der Waals surface area (Å²) >= 11 is 11.6. The predicted octanol–water partition coefficient (Wildman–Crippen LogP) is 4.51. The van der Waals surface area contributed by atoms with E-state index in [2.05, 4.69) is 20.6 Å². The van der Waals surface area contributed by atoms with Gasteiger partial charge in [0.25, 0.3) is 0 Å². The number of fused-ring (bicyclic) bond motifs is 2. The number of nitrogens with one attached hydrogen (secondary N) is 2. The molecule has 2 N–H and O–H groups in total. The van der Waals surface area contributed by atoms with E-state index in [1.807, 2.05) is 36.4 Å². The Morgan fingerprint density at radius 1 is 0.774 bits per heavy atom. The molecule has 0 unspecified atom stereocenters. The van der Waals surface area contributed by atoms with Crippen LogP contribution in [0.2, 0.25) is 5.02 Å². The number of ether oxygens (including phenoxy) is 4. The predicted molar refractivity (Wildman–Crippen MR) is 121 cm³/mol. The molecule has 158 valence electrons. The third kappa shape index (κ3) is 4.14. The van der Waals surface area contributed by atoms with Crippen molar-refractivity contribution < 1.29 is 18.9 Å². The molecule has 0 saturated heterocycles. The van der Waals surface area contributed by atoms with Gasteiger partial charge >= 0.3 is 0 Å². The fourth-order valence-electron chi connectivity index (χ4n) is 3.19. The van der Waals surface area contributed by atoms with E-state index >= 15 is 0 Å². The molecule has 0 saturated carbocycles. The Kier molecular flexibility index (Phi) is 5.35.